The Kier molecular flexibility index (Phi) is 7.87. The Labute approximate surface area is 202 Å². The van der Waals surface area contributed by atoms with Crippen molar-refractivity contribution >= 4 is 41.8 Å². The van der Waals surface area contributed by atoms with Gasteiger partial charge in [0.05, 0.1) is 12.6 Å². The number of ether oxygens (including phenoxy) is 1. The lowest BCUT2D eigenvalue weighted by atomic mass is 10.1. The van der Waals surface area contributed by atoms with E-state index in [2.05, 4.69) is 32.2 Å². The van der Waals surface area contributed by atoms with E-state index in [9.17, 15) is 4.79 Å². The molecule has 0 aromatic carbocycles. The predicted octanol–water partition coefficient (Wildman–Crippen LogP) is 3.07. The van der Waals surface area contributed by atoms with Gasteiger partial charge in [-0.2, -0.15) is 0 Å². The summed E-state index contributed by atoms with van der Waals surface area (Å²) in [6, 6.07) is 4.47. The molecule has 1 aromatic rings. The highest BCUT2D eigenvalue weighted by molar-refractivity contribution is 14.0. The maximum Gasteiger partial charge on any atom is 0.410 e. The van der Waals surface area contributed by atoms with E-state index in [1.165, 1.54) is 24.8 Å². The normalized spacial score (nSPS) is 21.2. The second-order valence-corrected chi connectivity index (χ2v) is 9.36. The van der Waals surface area contributed by atoms with Crippen LogP contribution in [-0.4, -0.2) is 77.7 Å². The number of piperidine rings is 1. The summed E-state index contributed by atoms with van der Waals surface area (Å²) in [7, 11) is 0. The highest BCUT2D eigenvalue weighted by atomic mass is 127. The molecule has 4 heterocycles. The molecular weight excluding hydrogens is 507 g/mol. The van der Waals surface area contributed by atoms with Gasteiger partial charge in [0.1, 0.15) is 11.4 Å². The summed E-state index contributed by atoms with van der Waals surface area (Å²) < 4.78 is 5.52. The molecule has 1 aromatic heterocycles. The molecule has 8 nitrogen and oxygen atoms in total. The zero-order chi connectivity index (χ0) is 21.1. The summed E-state index contributed by atoms with van der Waals surface area (Å²) in [4.78, 5) is 28.1. The molecule has 9 heteroatoms. The van der Waals surface area contributed by atoms with Crippen LogP contribution in [-0.2, 0) is 11.3 Å². The molecule has 2 fully saturated rings. The lowest BCUT2D eigenvalue weighted by molar-refractivity contribution is 0.0137. The molecule has 3 aliphatic heterocycles. The zero-order valence-corrected chi connectivity index (χ0v) is 21.2. The summed E-state index contributed by atoms with van der Waals surface area (Å²) in [5, 5.41) is 3.50. The number of carbonyl (C=O) groups excluding carboxylic acids is 1. The van der Waals surface area contributed by atoms with E-state index in [4.69, 9.17) is 9.73 Å². The maximum absolute atomic E-state index is 12.4. The maximum atomic E-state index is 12.4. The molecule has 0 spiro atoms. The van der Waals surface area contributed by atoms with E-state index in [1.807, 2.05) is 27.0 Å². The Morgan fingerprint density at radius 1 is 1.19 bits per heavy atom. The van der Waals surface area contributed by atoms with Gasteiger partial charge in [0.2, 0.25) is 0 Å². The molecule has 1 N–H and O–H groups in total. The van der Waals surface area contributed by atoms with Crippen LogP contribution >= 0.6 is 24.0 Å². The van der Waals surface area contributed by atoms with E-state index in [0.29, 0.717) is 19.6 Å². The summed E-state index contributed by atoms with van der Waals surface area (Å²) >= 11 is 0. The molecule has 1 unspecified atom stereocenters. The summed E-state index contributed by atoms with van der Waals surface area (Å²) in [6.07, 6.45) is 5.49. The largest absolute Gasteiger partial charge is 0.444 e. The van der Waals surface area contributed by atoms with Gasteiger partial charge in [-0.05, 0) is 57.7 Å². The molecule has 3 aliphatic rings. The minimum atomic E-state index is -0.468. The monoisotopic (exact) mass is 542 g/mol. The zero-order valence-electron chi connectivity index (χ0n) is 18.8. The second kappa shape index (κ2) is 10.2. The minimum absolute atomic E-state index is 0. The smallest absolute Gasteiger partial charge is 0.410 e. The first-order valence-electron chi connectivity index (χ1n) is 11.1. The van der Waals surface area contributed by atoms with Gasteiger partial charge in [0.25, 0.3) is 0 Å². The van der Waals surface area contributed by atoms with Crippen LogP contribution in [0.4, 0.5) is 10.6 Å². The number of amides is 1. The Morgan fingerprint density at radius 3 is 2.71 bits per heavy atom. The third kappa shape index (κ3) is 6.14. The number of aromatic nitrogens is 1. The quantitative estimate of drug-likeness (QED) is 0.593. The number of pyridine rings is 1. The molecule has 0 aliphatic carbocycles. The number of nitrogens with zero attached hydrogens (tertiary/aromatic N) is 5. The van der Waals surface area contributed by atoms with Crippen molar-refractivity contribution in [2.45, 2.75) is 58.2 Å². The lowest BCUT2D eigenvalue weighted by Crippen LogP contribution is -2.57. The standard InChI is InChI=1S/C22H34N6O2.HI/c1-22(2,3)30-21(29)27-11-12-28-18(16-27)15-25-20(28)24-14-17-7-8-23-19(13-17)26-9-5-4-6-10-26;/h7-8,13,18H,4-6,9-12,14-16H2,1-3H3,(H,24,25);1H. The average molecular weight is 542 g/mol. The molecule has 31 heavy (non-hydrogen) atoms. The van der Waals surface area contributed by atoms with Crippen LogP contribution in [0, 0.1) is 0 Å². The number of fused-ring (bicyclic) bond motifs is 1. The SMILES string of the molecule is CC(C)(C)OC(=O)N1CCN2C(NCc3ccnc(N4CCCCC4)c3)=NCC2C1.I. The number of guanidine groups is 1. The first-order chi connectivity index (χ1) is 14.4. The number of anilines is 1. The number of halogens is 1. The van der Waals surface area contributed by atoms with Crippen molar-refractivity contribution in [3.63, 3.8) is 0 Å². The number of nitrogens with one attached hydrogen (secondary N) is 1. The molecule has 0 radical (unpaired) electrons. The highest BCUT2D eigenvalue weighted by Gasteiger charge is 2.36. The van der Waals surface area contributed by atoms with E-state index in [0.717, 1.165) is 38.0 Å². The van der Waals surface area contributed by atoms with Gasteiger partial charge >= 0.3 is 6.09 Å². The molecule has 4 rings (SSSR count). The first kappa shape index (κ1) is 23.9. The first-order valence-corrected chi connectivity index (χ1v) is 11.1. The van der Waals surface area contributed by atoms with E-state index in [1.54, 1.807) is 4.90 Å². The van der Waals surface area contributed by atoms with Crippen LogP contribution in [0.25, 0.3) is 0 Å². The van der Waals surface area contributed by atoms with Crippen LogP contribution in [0.15, 0.2) is 23.3 Å². The fourth-order valence-corrected chi connectivity index (χ4v) is 4.27. The molecule has 1 atom stereocenters. The predicted molar refractivity (Wildman–Crippen MR) is 133 cm³/mol. The summed E-state index contributed by atoms with van der Waals surface area (Å²) in [5.41, 5.74) is 0.745. The minimum Gasteiger partial charge on any atom is -0.444 e. The molecule has 1 amide bonds. The second-order valence-electron chi connectivity index (χ2n) is 9.36. The third-order valence-corrected chi connectivity index (χ3v) is 5.80. The van der Waals surface area contributed by atoms with Crippen molar-refractivity contribution in [2.24, 2.45) is 4.99 Å². The number of hydrogen-bond acceptors (Lipinski definition) is 7. The van der Waals surface area contributed by atoms with E-state index in [-0.39, 0.29) is 36.1 Å². The van der Waals surface area contributed by atoms with Crippen LogP contribution in [0.3, 0.4) is 0 Å². The number of hydrogen-bond donors (Lipinski definition) is 1. The molecule has 0 saturated carbocycles. The van der Waals surface area contributed by atoms with Gasteiger partial charge in [-0.1, -0.05) is 0 Å². The van der Waals surface area contributed by atoms with Gasteiger partial charge in [-0.15, -0.1) is 24.0 Å². The number of rotatable bonds is 3. The van der Waals surface area contributed by atoms with Crippen LogP contribution in [0.2, 0.25) is 0 Å². The van der Waals surface area contributed by atoms with Crippen LogP contribution < -0.4 is 10.2 Å². The Morgan fingerprint density at radius 2 is 1.97 bits per heavy atom. The molecule has 2 saturated heterocycles. The highest BCUT2D eigenvalue weighted by Crippen LogP contribution is 2.20. The van der Waals surface area contributed by atoms with Crippen LogP contribution in [0.1, 0.15) is 45.6 Å². The van der Waals surface area contributed by atoms with Gasteiger partial charge in [0.15, 0.2) is 5.96 Å². The van der Waals surface area contributed by atoms with Gasteiger partial charge in [-0.3, -0.25) is 4.99 Å². The molecular formula is C22H35IN6O2. The van der Waals surface area contributed by atoms with Gasteiger partial charge < -0.3 is 24.8 Å². The Balaban J connectivity index is 0.00000272. The van der Waals surface area contributed by atoms with E-state index < -0.39 is 5.60 Å². The molecule has 172 valence electrons. The van der Waals surface area contributed by atoms with Crippen LogP contribution in [0.5, 0.6) is 0 Å². The summed E-state index contributed by atoms with van der Waals surface area (Å²) in [6.45, 7) is 11.4. The molecule has 0 bridgehead atoms. The fourth-order valence-electron chi connectivity index (χ4n) is 4.27. The van der Waals surface area contributed by atoms with Gasteiger partial charge in [-0.25, -0.2) is 9.78 Å². The van der Waals surface area contributed by atoms with E-state index >= 15 is 0 Å². The summed E-state index contributed by atoms with van der Waals surface area (Å²) in [5.74, 6) is 2.01. The van der Waals surface area contributed by atoms with Gasteiger partial charge in [0, 0.05) is 45.5 Å². The number of piperazine rings is 1. The van der Waals surface area contributed by atoms with Crippen molar-refractivity contribution in [1.82, 2.24) is 20.1 Å². The lowest BCUT2D eigenvalue weighted by Gasteiger charge is -2.39. The topological polar surface area (TPSA) is 73.3 Å². The third-order valence-electron chi connectivity index (χ3n) is 5.80. The number of aliphatic imine (C=N–C) groups is 1. The fraction of sp³-hybridized carbons (Fsp3) is 0.682. The Hall–Kier alpha value is -1.78. The van der Waals surface area contributed by atoms with Crippen molar-refractivity contribution in [3.05, 3.63) is 23.9 Å². The van der Waals surface area contributed by atoms with Crippen molar-refractivity contribution in [3.8, 4) is 0 Å². The average Bonchev–Trinajstić information content (AvgIpc) is 3.14. The number of carbonyl (C=O) groups is 1. The van der Waals surface area contributed by atoms with Crippen molar-refractivity contribution in [1.29, 1.82) is 0 Å². The Bertz CT molecular complexity index is 790. The van der Waals surface area contributed by atoms with Crippen molar-refractivity contribution in [2.75, 3.05) is 44.2 Å². The van der Waals surface area contributed by atoms with Crippen molar-refractivity contribution < 1.29 is 9.53 Å².